The SMILES string of the molecule is CC(C)(C)c1ccc(-c2c(F)c(F)c(F)c(F)c2C2=NCCO2)cc1. The third-order valence-electron chi connectivity index (χ3n) is 4.11. The van der Waals surface area contributed by atoms with Crippen LogP contribution in [0.2, 0.25) is 0 Å². The predicted octanol–water partition coefficient (Wildman–Crippen LogP) is 4.98. The van der Waals surface area contributed by atoms with Gasteiger partial charge < -0.3 is 4.74 Å². The van der Waals surface area contributed by atoms with Crippen molar-refractivity contribution in [3.8, 4) is 11.1 Å². The molecule has 0 fully saturated rings. The third-order valence-corrected chi connectivity index (χ3v) is 4.11. The van der Waals surface area contributed by atoms with Gasteiger partial charge in [-0.3, -0.25) is 0 Å². The molecule has 0 aliphatic carbocycles. The number of aliphatic imine (C=N–C) groups is 1. The van der Waals surface area contributed by atoms with Crippen LogP contribution in [0.15, 0.2) is 29.3 Å². The number of hydrogen-bond donors (Lipinski definition) is 0. The molecule has 0 spiro atoms. The first-order valence-corrected chi connectivity index (χ1v) is 7.86. The lowest BCUT2D eigenvalue weighted by atomic mass is 9.86. The molecule has 132 valence electrons. The third kappa shape index (κ3) is 3.01. The molecule has 2 nitrogen and oxygen atoms in total. The van der Waals surface area contributed by atoms with Gasteiger partial charge in [-0.15, -0.1) is 0 Å². The first kappa shape index (κ1) is 17.5. The Bertz CT molecular complexity index is 851. The molecule has 0 amide bonds. The van der Waals surface area contributed by atoms with Crippen molar-refractivity contribution >= 4 is 5.90 Å². The van der Waals surface area contributed by atoms with E-state index in [2.05, 4.69) is 4.99 Å². The lowest BCUT2D eigenvalue weighted by Crippen LogP contribution is -2.13. The topological polar surface area (TPSA) is 21.6 Å². The van der Waals surface area contributed by atoms with E-state index < -0.39 is 34.4 Å². The Morgan fingerprint density at radius 3 is 1.88 bits per heavy atom. The van der Waals surface area contributed by atoms with Crippen LogP contribution in [0, 0.1) is 23.3 Å². The summed E-state index contributed by atoms with van der Waals surface area (Å²) >= 11 is 0. The zero-order valence-electron chi connectivity index (χ0n) is 14.1. The molecule has 1 aliphatic rings. The zero-order valence-corrected chi connectivity index (χ0v) is 14.1. The molecule has 0 atom stereocenters. The van der Waals surface area contributed by atoms with Crippen LogP contribution in [-0.2, 0) is 10.2 Å². The Hall–Kier alpha value is -2.37. The van der Waals surface area contributed by atoms with Gasteiger partial charge in [0, 0.05) is 5.56 Å². The van der Waals surface area contributed by atoms with Gasteiger partial charge in [0.1, 0.15) is 6.61 Å². The van der Waals surface area contributed by atoms with Gasteiger partial charge in [-0.05, 0) is 16.5 Å². The standard InChI is InChI=1S/C19H17F4NO/c1-19(2,3)11-6-4-10(5-7-11)12-13(18-24-8-9-25-18)15(21)17(23)16(22)14(12)20/h4-7H,8-9H2,1-3H3. The molecule has 0 unspecified atom stereocenters. The molecular weight excluding hydrogens is 334 g/mol. The van der Waals surface area contributed by atoms with Crippen molar-refractivity contribution in [2.24, 2.45) is 4.99 Å². The van der Waals surface area contributed by atoms with Crippen molar-refractivity contribution in [1.82, 2.24) is 0 Å². The van der Waals surface area contributed by atoms with Crippen LogP contribution in [0.3, 0.4) is 0 Å². The summed E-state index contributed by atoms with van der Waals surface area (Å²) in [4.78, 5) is 3.92. The summed E-state index contributed by atoms with van der Waals surface area (Å²) in [6.45, 7) is 6.45. The second kappa shape index (κ2) is 6.17. The van der Waals surface area contributed by atoms with Crippen LogP contribution in [0.25, 0.3) is 11.1 Å². The maximum absolute atomic E-state index is 14.5. The van der Waals surface area contributed by atoms with Crippen molar-refractivity contribution in [3.05, 3.63) is 58.7 Å². The zero-order chi connectivity index (χ0) is 18.4. The molecule has 0 saturated heterocycles. The second-order valence-corrected chi connectivity index (χ2v) is 6.87. The second-order valence-electron chi connectivity index (χ2n) is 6.87. The van der Waals surface area contributed by atoms with Crippen molar-refractivity contribution in [2.45, 2.75) is 26.2 Å². The van der Waals surface area contributed by atoms with E-state index in [1.165, 1.54) is 0 Å². The lowest BCUT2D eigenvalue weighted by molar-refractivity contribution is 0.344. The normalized spacial score (nSPS) is 14.4. The van der Waals surface area contributed by atoms with E-state index in [1.807, 2.05) is 20.8 Å². The van der Waals surface area contributed by atoms with E-state index in [0.29, 0.717) is 0 Å². The summed E-state index contributed by atoms with van der Waals surface area (Å²) in [6, 6.07) is 6.59. The van der Waals surface area contributed by atoms with Crippen molar-refractivity contribution in [1.29, 1.82) is 0 Å². The Balaban J connectivity index is 2.24. The summed E-state index contributed by atoms with van der Waals surface area (Å²) in [5.74, 6) is -6.91. The number of benzene rings is 2. The summed E-state index contributed by atoms with van der Waals surface area (Å²) in [5, 5.41) is 0. The maximum atomic E-state index is 14.5. The number of halogens is 4. The van der Waals surface area contributed by atoms with Crippen LogP contribution >= 0.6 is 0 Å². The van der Waals surface area contributed by atoms with E-state index >= 15 is 0 Å². The fraction of sp³-hybridized carbons (Fsp3) is 0.316. The van der Waals surface area contributed by atoms with E-state index in [9.17, 15) is 17.6 Å². The Morgan fingerprint density at radius 1 is 0.840 bits per heavy atom. The first-order chi connectivity index (χ1) is 11.7. The van der Waals surface area contributed by atoms with Crippen molar-refractivity contribution in [3.63, 3.8) is 0 Å². The molecule has 6 heteroatoms. The smallest absolute Gasteiger partial charge is 0.220 e. The van der Waals surface area contributed by atoms with E-state index in [-0.39, 0.29) is 30.0 Å². The van der Waals surface area contributed by atoms with Gasteiger partial charge in [0.05, 0.1) is 12.1 Å². The van der Waals surface area contributed by atoms with Crippen molar-refractivity contribution in [2.75, 3.05) is 13.2 Å². The van der Waals surface area contributed by atoms with E-state index in [4.69, 9.17) is 4.74 Å². The molecule has 0 bridgehead atoms. The molecule has 0 radical (unpaired) electrons. The van der Waals surface area contributed by atoms with E-state index in [1.54, 1.807) is 24.3 Å². The minimum Gasteiger partial charge on any atom is -0.475 e. The van der Waals surface area contributed by atoms with Gasteiger partial charge in [-0.1, -0.05) is 45.0 Å². The number of hydrogen-bond acceptors (Lipinski definition) is 2. The highest BCUT2D eigenvalue weighted by atomic mass is 19.2. The van der Waals surface area contributed by atoms with Gasteiger partial charge in [0.25, 0.3) is 0 Å². The number of ether oxygens (including phenoxy) is 1. The molecule has 25 heavy (non-hydrogen) atoms. The summed E-state index contributed by atoms with van der Waals surface area (Å²) < 4.78 is 61.5. The summed E-state index contributed by atoms with van der Waals surface area (Å²) in [7, 11) is 0. The molecule has 1 aliphatic heterocycles. The molecule has 0 N–H and O–H groups in total. The first-order valence-electron chi connectivity index (χ1n) is 7.86. The summed E-state index contributed by atoms with van der Waals surface area (Å²) in [6.07, 6.45) is 0. The van der Waals surface area contributed by atoms with Gasteiger partial charge in [-0.25, -0.2) is 22.6 Å². The highest BCUT2D eigenvalue weighted by molar-refractivity contribution is 6.02. The van der Waals surface area contributed by atoms with Gasteiger partial charge >= 0.3 is 0 Å². The Kier molecular flexibility index (Phi) is 4.31. The predicted molar refractivity (Wildman–Crippen MR) is 87.8 cm³/mol. The minimum atomic E-state index is -1.87. The van der Waals surface area contributed by atoms with Crippen LogP contribution < -0.4 is 0 Å². The van der Waals surface area contributed by atoms with Crippen LogP contribution in [0.4, 0.5) is 17.6 Å². The van der Waals surface area contributed by atoms with Crippen molar-refractivity contribution < 1.29 is 22.3 Å². The highest BCUT2D eigenvalue weighted by Crippen LogP contribution is 2.35. The van der Waals surface area contributed by atoms with Crippen LogP contribution in [0.1, 0.15) is 31.9 Å². The summed E-state index contributed by atoms with van der Waals surface area (Å²) in [5.41, 5.74) is 0.167. The molecule has 3 rings (SSSR count). The van der Waals surface area contributed by atoms with E-state index in [0.717, 1.165) is 5.56 Å². The largest absolute Gasteiger partial charge is 0.475 e. The molecule has 1 heterocycles. The van der Waals surface area contributed by atoms with Gasteiger partial charge in [-0.2, -0.15) is 0 Å². The lowest BCUT2D eigenvalue weighted by Gasteiger charge is -2.20. The molecule has 0 aromatic heterocycles. The fourth-order valence-corrected chi connectivity index (χ4v) is 2.73. The number of nitrogens with zero attached hydrogens (tertiary/aromatic N) is 1. The molecule has 0 saturated carbocycles. The average molecular weight is 351 g/mol. The highest BCUT2D eigenvalue weighted by Gasteiger charge is 2.31. The fourth-order valence-electron chi connectivity index (χ4n) is 2.73. The van der Waals surface area contributed by atoms with Crippen LogP contribution in [-0.4, -0.2) is 19.0 Å². The molecular formula is C19H17F4NO. The molecule has 2 aromatic rings. The van der Waals surface area contributed by atoms with Gasteiger partial charge in [0.2, 0.25) is 5.90 Å². The Labute approximate surface area is 143 Å². The molecule has 2 aromatic carbocycles. The quantitative estimate of drug-likeness (QED) is 0.425. The van der Waals surface area contributed by atoms with Gasteiger partial charge in [0.15, 0.2) is 23.3 Å². The average Bonchev–Trinajstić information content (AvgIpc) is 3.09. The number of rotatable bonds is 2. The monoisotopic (exact) mass is 351 g/mol. The Morgan fingerprint density at radius 2 is 1.40 bits per heavy atom. The van der Waals surface area contributed by atoms with Crippen LogP contribution in [0.5, 0.6) is 0 Å². The minimum absolute atomic E-state index is 0.141. The maximum Gasteiger partial charge on any atom is 0.220 e.